The van der Waals surface area contributed by atoms with Gasteiger partial charge in [0, 0.05) is 30.8 Å². The summed E-state index contributed by atoms with van der Waals surface area (Å²) in [6.07, 6.45) is 5.62. The number of aromatic nitrogens is 1. The highest BCUT2D eigenvalue weighted by atomic mass is 32.1. The Hall–Kier alpha value is -5.08. The van der Waals surface area contributed by atoms with E-state index in [1.165, 1.54) is 35.7 Å². The number of carbonyl (C=O) groups excluding carboxylic acids is 3. The first kappa shape index (κ1) is 35.8. The zero-order chi connectivity index (χ0) is 34.1. The van der Waals surface area contributed by atoms with E-state index in [2.05, 4.69) is 43.9 Å². The van der Waals surface area contributed by atoms with E-state index in [1.54, 1.807) is 0 Å². The Labute approximate surface area is 286 Å². The molecule has 0 spiro atoms. The monoisotopic (exact) mass is 688 g/mol. The van der Waals surface area contributed by atoms with E-state index in [0.717, 1.165) is 69.8 Å². The summed E-state index contributed by atoms with van der Waals surface area (Å²) in [5, 5.41) is 22.0. The summed E-state index contributed by atoms with van der Waals surface area (Å²) in [5.74, 6) is -1.66. The zero-order valence-corrected chi connectivity index (χ0v) is 28.1. The number of ether oxygens (including phenoxy) is 3. The van der Waals surface area contributed by atoms with Crippen molar-refractivity contribution in [3.63, 3.8) is 0 Å². The van der Waals surface area contributed by atoms with Crippen molar-refractivity contribution in [3.8, 4) is 0 Å². The zero-order valence-electron chi connectivity index (χ0n) is 26.5. The molecular formula is C34H36N6O6S2. The quantitative estimate of drug-likeness (QED) is 0.0336. The number of nitrogens with one attached hydrogen (secondary N) is 1. The number of nitrogens with zero attached hydrogens (tertiary/aromatic N) is 5. The lowest BCUT2D eigenvalue weighted by atomic mass is 10.1. The van der Waals surface area contributed by atoms with Crippen LogP contribution in [0.4, 0.5) is 27.2 Å². The highest BCUT2D eigenvalue weighted by Crippen LogP contribution is 2.39. The van der Waals surface area contributed by atoms with Gasteiger partial charge in [0.25, 0.3) is 0 Å². The first-order valence-electron chi connectivity index (χ1n) is 15.3. The standard InChI is InChI=1S/C34H36N6O6S2/c1-4-30(41)44-20-9-7-6-8-19-35-25-14-16-27(17-15-25)38-40-34-36-32-28(47-34)22-29(48-32)39-37-26-12-10-24(11-13-26)18-21-45-33(43)23(3)46-31(42)5-2/h4-5,10-17,22-23,35H,1-2,6-9,18-21H2,3H3. The van der Waals surface area contributed by atoms with Gasteiger partial charge in [-0.05, 0) is 74.2 Å². The molecule has 1 N–H and O–H groups in total. The van der Waals surface area contributed by atoms with Crippen molar-refractivity contribution < 1.29 is 28.6 Å². The number of thiophene rings is 1. The van der Waals surface area contributed by atoms with Crippen molar-refractivity contribution in [2.75, 3.05) is 25.1 Å². The summed E-state index contributed by atoms with van der Waals surface area (Å²) < 4.78 is 15.9. The van der Waals surface area contributed by atoms with Gasteiger partial charge in [0.05, 0.1) is 29.3 Å². The summed E-state index contributed by atoms with van der Waals surface area (Å²) in [6.45, 7) is 9.57. The highest BCUT2D eigenvalue weighted by molar-refractivity contribution is 7.30. The molecule has 0 fully saturated rings. The van der Waals surface area contributed by atoms with Gasteiger partial charge < -0.3 is 19.5 Å². The van der Waals surface area contributed by atoms with Gasteiger partial charge in [-0.25, -0.2) is 19.4 Å². The molecule has 0 aliphatic rings. The molecule has 2 heterocycles. The minimum absolute atomic E-state index is 0.155. The summed E-state index contributed by atoms with van der Waals surface area (Å²) >= 11 is 2.86. The van der Waals surface area contributed by atoms with Crippen molar-refractivity contribution in [3.05, 3.63) is 85.5 Å². The smallest absolute Gasteiger partial charge is 0.347 e. The van der Waals surface area contributed by atoms with E-state index in [0.29, 0.717) is 23.8 Å². The maximum absolute atomic E-state index is 11.9. The summed E-state index contributed by atoms with van der Waals surface area (Å²) in [7, 11) is 0. The molecule has 0 amide bonds. The fraction of sp³-hybridized carbons (Fsp3) is 0.294. The SMILES string of the molecule is C=CC(=O)OCCCCCCNc1ccc(N=Nc2nc3sc(N=Nc4ccc(CCOC(=O)C(C)OC(=O)C=C)cc4)cc3s2)cc1. The van der Waals surface area contributed by atoms with E-state index >= 15 is 0 Å². The van der Waals surface area contributed by atoms with E-state index < -0.39 is 18.0 Å². The van der Waals surface area contributed by atoms with Crippen LogP contribution in [0.2, 0.25) is 0 Å². The molecule has 4 rings (SSSR count). The Kier molecular flexibility index (Phi) is 14.1. The molecule has 0 radical (unpaired) electrons. The van der Waals surface area contributed by atoms with Crippen molar-refractivity contribution in [2.24, 2.45) is 20.5 Å². The number of hydrogen-bond donors (Lipinski definition) is 1. The number of thiazole rings is 1. The van der Waals surface area contributed by atoms with Gasteiger partial charge in [0.2, 0.25) is 5.13 Å². The number of benzene rings is 2. The van der Waals surface area contributed by atoms with Crippen LogP contribution in [0, 0.1) is 0 Å². The maximum Gasteiger partial charge on any atom is 0.347 e. The first-order chi connectivity index (χ1) is 23.3. The molecule has 0 aliphatic heterocycles. The van der Waals surface area contributed by atoms with Gasteiger partial charge >= 0.3 is 17.9 Å². The average Bonchev–Trinajstić information content (AvgIpc) is 3.67. The molecule has 0 saturated heterocycles. The summed E-state index contributed by atoms with van der Waals surface area (Å²) in [6, 6.07) is 17.1. The number of fused-ring (bicyclic) bond motifs is 1. The van der Waals surface area contributed by atoms with Crippen LogP contribution >= 0.6 is 22.7 Å². The van der Waals surface area contributed by atoms with Crippen molar-refractivity contribution in [1.82, 2.24) is 4.98 Å². The molecule has 1 unspecified atom stereocenters. The van der Waals surface area contributed by atoms with Crippen LogP contribution in [0.15, 0.2) is 100 Å². The van der Waals surface area contributed by atoms with Crippen molar-refractivity contribution >= 4 is 77.3 Å². The molecule has 0 aliphatic carbocycles. The molecule has 250 valence electrons. The number of carbonyl (C=O) groups is 3. The average molecular weight is 689 g/mol. The van der Waals surface area contributed by atoms with Crippen molar-refractivity contribution in [2.45, 2.75) is 45.1 Å². The lowest BCUT2D eigenvalue weighted by molar-refractivity contribution is -0.163. The van der Waals surface area contributed by atoms with Crippen LogP contribution in [0.1, 0.15) is 38.2 Å². The highest BCUT2D eigenvalue weighted by Gasteiger charge is 2.17. The van der Waals surface area contributed by atoms with Crippen molar-refractivity contribution in [1.29, 1.82) is 0 Å². The van der Waals surface area contributed by atoms with Crippen LogP contribution in [-0.2, 0) is 35.0 Å². The molecule has 14 heteroatoms. The minimum Gasteiger partial charge on any atom is -0.463 e. The number of esters is 3. The molecule has 4 aromatic rings. The van der Waals surface area contributed by atoms with Gasteiger partial charge in [-0.1, -0.05) is 54.4 Å². The number of rotatable bonds is 19. The van der Waals surface area contributed by atoms with E-state index in [-0.39, 0.29) is 12.6 Å². The maximum atomic E-state index is 11.9. The van der Waals surface area contributed by atoms with Gasteiger partial charge in [-0.15, -0.1) is 20.5 Å². The molecule has 12 nitrogen and oxygen atoms in total. The molecular weight excluding hydrogens is 653 g/mol. The normalized spacial score (nSPS) is 11.9. The predicted molar refractivity (Wildman–Crippen MR) is 187 cm³/mol. The topological polar surface area (TPSA) is 153 Å². The third-order valence-corrected chi connectivity index (χ3v) is 8.55. The fourth-order valence-corrected chi connectivity index (χ4v) is 5.94. The molecule has 1 atom stereocenters. The lowest BCUT2D eigenvalue weighted by Crippen LogP contribution is -2.26. The Morgan fingerprint density at radius 3 is 2.23 bits per heavy atom. The second-order valence-corrected chi connectivity index (χ2v) is 12.3. The predicted octanol–water partition coefficient (Wildman–Crippen LogP) is 9.09. The van der Waals surface area contributed by atoms with Gasteiger partial charge in [0.15, 0.2) is 6.10 Å². The molecule has 2 aromatic carbocycles. The Morgan fingerprint density at radius 2 is 1.52 bits per heavy atom. The third kappa shape index (κ3) is 11.9. The number of unbranched alkanes of at least 4 members (excludes halogenated alkanes) is 3. The van der Waals surface area contributed by atoms with E-state index in [4.69, 9.17) is 14.2 Å². The number of hydrogen-bond acceptors (Lipinski definition) is 14. The van der Waals surface area contributed by atoms with Crippen LogP contribution in [-0.4, -0.2) is 48.8 Å². The summed E-state index contributed by atoms with van der Waals surface area (Å²) in [4.78, 5) is 39.5. The van der Waals surface area contributed by atoms with Gasteiger partial charge in [0.1, 0.15) is 9.83 Å². The first-order valence-corrected chi connectivity index (χ1v) is 16.9. The minimum atomic E-state index is -0.994. The third-order valence-electron chi connectivity index (χ3n) is 6.62. The second-order valence-electron chi connectivity index (χ2n) is 10.3. The Bertz CT molecular complexity index is 1720. The number of anilines is 1. The molecule has 2 aromatic heterocycles. The van der Waals surface area contributed by atoms with E-state index in [1.807, 2.05) is 54.6 Å². The van der Waals surface area contributed by atoms with Crippen LogP contribution < -0.4 is 5.32 Å². The Balaban J connectivity index is 1.17. The van der Waals surface area contributed by atoms with Crippen LogP contribution in [0.3, 0.4) is 0 Å². The summed E-state index contributed by atoms with van der Waals surface area (Å²) in [5.41, 5.74) is 3.39. The fourth-order valence-electron chi connectivity index (χ4n) is 4.09. The lowest BCUT2D eigenvalue weighted by Gasteiger charge is -2.11. The van der Waals surface area contributed by atoms with Gasteiger partial charge in [-0.3, -0.25) is 0 Å². The van der Waals surface area contributed by atoms with E-state index in [9.17, 15) is 14.4 Å². The second kappa shape index (κ2) is 18.9. The molecule has 48 heavy (non-hydrogen) atoms. The Morgan fingerprint density at radius 1 is 0.833 bits per heavy atom. The molecule has 0 bridgehead atoms. The molecule has 0 saturated carbocycles. The largest absolute Gasteiger partial charge is 0.463 e. The van der Waals surface area contributed by atoms with Gasteiger partial charge in [-0.2, -0.15) is 0 Å². The number of azo groups is 2. The van der Waals surface area contributed by atoms with Crippen LogP contribution in [0.25, 0.3) is 9.53 Å². The van der Waals surface area contributed by atoms with Crippen LogP contribution in [0.5, 0.6) is 0 Å².